The van der Waals surface area contributed by atoms with E-state index in [1.54, 1.807) is 25.1 Å². The standard InChI is InChI=1S/C24H31FN2O2/c1-6-18(4)26-24(29)19(5)27(15-20-9-7-8-10-22(20)25)23(28)14-21-13-16(2)11-12-17(21)3/h7-13,18-19H,6,14-15H2,1-5H3,(H,26,29)/t18-,19+/m1/s1. The predicted octanol–water partition coefficient (Wildman–Crippen LogP) is 4.32. The summed E-state index contributed by atoms with van der Waals surface area (Å²) in [6.45, 7) is 9.59. The summed E-state index contributed by atoms with van der Waals surface area (Å²) in [4.78, 5) is 27.4. The fourth-order valence-corrected chi connectivity index (χ4v) is 3.11. The van der Waals surface area contributed by atoms with Crippen molar-refractivity contribution >= 4 is 11.8 Å². The van der Waals surface area contributed by atoms with E-state index in [9.17, 15) is 14.0 Å². The Morgan fingerprint density at radius 1 is 1.07 bits per heavy atom. The van der Waals surface area contributed by atoms with Crippen molar-refractivity contribution in [2.75, 3.05) is 0 Å². The maximum atomic E-state index is 14.2. The van der Waals surface area contributed by atoms with Gasteiger partial charge in [0, 0.05) is 18.2 Å². The SMILES string of the molecule is CC[C@@H](C)NC(=O)[C@H](C)N(Cc1ccccc1F)C(=O)Cc1cc(C)ccc1C. The monoisotopic (exact) mass is 398 g/mol. The number of nitrogens with zero attached hydrogens (tertiary/aromatic N) is 1. The summed E-state index contributed by atoms with van der Waals surface area (Å²) in [7, 11) is 0. The van der Waals surface area contributed by atoms with E-state index in [1.807, 2.05) is 45.9 Å². The Bertz CT molecular complexity index is 866. The smallest absolute Gasteiger partial charge is 0.242 e. The average Bonchev–Trinajstić information content (AvgIpc) is 2.69. The number of carbonyl (C=O) groups excluding carboxylic acids is 2. The van der Waals surface area contributed by atoms with Gasteiger partial charge in [0.2, 0.25) is 11.8 Å². The molecular weight excluding hydrogens is 367 g/mol. The largest absolute Gasteiger partial charge is 0.352 e. The van der Waals surface area contributed by atoms with E-state index in [2.05, 4.69) is 5.32 Å². The molecule has 1 N–H and O–H groups in total. The highest BCUT2D eigenvalue weighted by molar-refractivity contribution is 5.88. The minimum Gasteiger partial charge on any atom is -0.352 e. The van der Waals surface area contributed by atoms with Crippen LogP contribution < -0.4 is 5.32 Å². The van der Waals surface area contributed by atoms with Crippen LogP contribution in [0.2, 0.25) is 0 Å². The summed E-state index contributed by atoms with van der Waals surface area (Å²) in [6.07, 6.45) is 0.963. The number of hydrogen-bond donors (Lipinski definition) is 1. The minimum atomic E-state index is -0.707. The number of amides is 2. The summed E-state index contributed by atoms with van der Waals surface area (Å²) < 4.78 is 14.2. The minimum absolute atomic E-state index is 0.00869. The molecule has 0 fully saturated rings. The normalized spacial score (nSPS) is 12.9. The Balaban J connectivity index is 2.29. The zero-order chi connectivity index (χ0) is 21.6. The van der Waals surface area contributed by atoms with Crippen molar-refractivity contribution in [2.24, 2.45) is 0 Å². The number of carbonyl (C=O) groups is 2. The van der Waals surface area contributed by atoms with Gasteiger partial charge in [-0.25, -0.2) is 4.39 Å². The molecule has 2 aromatic carbocycles. The van der Waals surface area contributed by atoms with Crippen molar-refractivity contribution in [3.63, 3.8) is 0 Å². The van der Waals surface area contributed by atoms with E-state index in [0.717, 1.165) is 23.1 Å². The van der Waals surface area contributed by atoms with Gasteiger partial charge in [0.25, 0.3) is 0 Å². The second-order valence-electron chi connectivity index (χ2n) is 7.71. The van der Waals surface area contributed by atoms with Crippen molar-refractivity contribution in [3.05, 3.63) is 70.5 Å². The summed E-state index contributed by atoms with van der Waals surface area (Å²) in [6, 6.07) is 11.6. The lowest BCUT2D eigenvalue weighted by molar-refractivity contribution is -0.140. The van der Waals surface area contributed by atoms with Gasteiger partial charge in [-0.1, -0.05) is 48.9 Å². The fourth-order valence-electron chi connectivity index (χ4n) is 3.11. The van der Waals surface area contributed by atoms with Crippen LogP contribution in [-0.4, -0.2) is 28.8 Å². The lowest BCUT2D eigenvalue weighted by Gasteiger charge is -2.30. The lowest BCUT2D eigenvalue weighted by Crippen LogP contribution is -2.50. The molecule has 2 amide bonds. The maximum absolute atomic E-state index is 14.2. The lowest BCUT2D eigenvalue weighted by atomic mass is 10.0. The molecule has 0 aliphatic carbocycles. The molecule has 0 unspecified atom stereocenters. The van der Waals surface area contributed by atoms with Crippen LogP contribution in [0.5, 0.6) is 0 Å². The zero-order valence-corrected chi connectivity index (χ0v) is 18.0. The van der Waals surface area contributed by atoms with Crippen LogP contribution in [0.1, 0.15) is 49.4 Å². The van der Waals surface area contributed by atoms with Gasteiger partial charge in [-0.15, -0.1) is 0 Å². The molecule has 0 aliphatic heterocycles. The summed E-state index contributed by atoms with van der Waals surface area (Å²) in [5, 5.41) is 2.92. The molecule has 5 heteroatoms. The van der Waals surface area contributed by atoms with Crippen LogP contribution in [0, 0.1) is 19.7 Å². The van der Waals surface area contributed by atoms with Gasteiger partial charge in [0.15, 0.2) is 0 Å². The molecule has 0 spiro atoms. The third-order valence-electron chi connectivity index (χ3n) is 5.31. The molecule has 156 valence electrons. The van der Waals surface area contributed by atoms with Gasteiger partial charge in [-0.05, 0) is 51.3 Å². The third kappa shape index (κ3) is 6.14. The van der Waals surface area contributed by atoms with Crippen LogP contribution in [-0.2, 0) is 22.6 Å². The third-order valence-corrected chi connectivity index (χ3v) is 5.31. The Labute approximate surface area is 173 Å². The Morgan fingerprint density at radius 3 is 2.41 bits per heavy atom. The summed E-state index contributed by atoms with van der Waals surface area (Å²) in [5.74, 6) is -0.815. The molecule has 2 aromatic rings. The van der Waals surface area contributed by atoms with E-state index >= 15 is 0 Å². The van der Waals surface area contributed by atoms with Crippen LogP contribution in [0.25, 0.3) is 0 Å². The molecule has 0 aromatic heterocycles. The van der Waals surface area contributed by atoms with E-state index in [-0.39, 0.29) is 36.6 Å². The van der Waals surface area contributed by atoms with Gasteiger partial charge in [-0.3, -0.25) is 9.59 Å². The molecular formula is C24H31FN2O2. The van der Waals surface area contributed by atoms with Crippen LogP contribution in [0.3, 0.4) is 0 Å². The second-order valence-corrected chi connectivity index (χ2v) is 7.71. The summed E-state index contributed by atoms with van der Waals surface area (Å²) in [5.41, 5.74) is 3.40. The average molecular weight is 399 g/mol. The molecule has 0 saturated carbocycles. The van der Waals surface area contributed by atoms with Gasteiger partial charge >= 0.3 is 0 Å². The topological polar surface area (TPSA) is 49.4 Å². The van der Waals surface area contributed by atoms with E-state index < -0.39 is 6.04 Å². The van der Waals surface area contributed by atoms with Crippen molar-refractivity contribution in [2.45, 2.75) is 66.1 Å². The second kappa shape index (κ2) is 10.2. The quantitative estimate of drug-likeness (QED) is 0.720. The van der Waals surface area contributed by atoms with E-state index in [0.29, 0.717) is 5.56 Å². The molecule has 2 rings (SSSR count). The summed E-state index contributed by atoms with van der Waals surface area (Å²) >= 11 is 0. The van der Waals surface area contributed by atoms with Crippen LogP contribution in [0.15, 0.2) is 42.5 Å². The first kappa shape index (κ1) is 22.6. The number of benzene rings is 2. The number of nitrogens with one attached hydrogen (secondary N) is 1. The Hall–Kier alpha value is -2.69. The molecule has 0 aliphatic rings. The molecule has 29 heavy (non-hydrogen) atoms. The zero-order valence-electron chi connectivity index (χ0n) is 18.0. The van der Waals surface area contributed by atoms with Crippen molar-refractivity contribution in [1.29, 1.82) is 0 Å². The molecule has 4 nitrogen and oxygen atoms in total. The molecule has 0 saturated heterocycles. The molecule has 0 bridgehead atoms. The van der Waals surface area contributed by atoms with Crippen LogP contribution >= 0.6 is 0 Å². The fraction of sp³-hybridized carbons (Fsp3) is 0.417. The number of aryl methyl sites for hydroxylation is 2. The van der Waals surface area contributed by atoms with Crippen molar-refractivity contribution < 1.29 is 14.0 Å². The Kier molecular flexibility index (Phi) is 7.94. The van der Waals surface area contributed by atoms with Crippen LogP contribution in [0.4, 0.5) is 4.39 Å². The van der Waals surface area contributed by atoms with Gasteiger partial charge < -0.3 is 10.2 Å². The van der Waals surface area contributed by atoms with Gasteiger partial charge in [-0.2, -0.15) is 0 Å². The van der Waals surface area contributed by atoms with E-state index in [1.165, 1.54) is 11.0 Å². The molecule has 0 radical (unpaired) electrons. The first-order chi connectivity index (χ1) is 13.7. The van der Waals surface area contributed by atoms with Gasteiger partial charge in [0.05, 0.1) is 6.42 Å². The number of halogens is 1. The predicted molar refractivity (Wildman–Crippen MR) is 114 cm³/mol. The van der Waals surface area contributed by atoms with E-state index in [4.69, 9.17) is 0 Å². The number of hydrogen-bond acceptors (Lipinski definition) is 2. The van der Waals surface area contributed by atoms with Crippen molar-refractivity contribution in [3.8, 4) is 0 Å². The Morgan fingerprint density at radius 2 is 1.76 bits per heavy atom. The highest BCUT2D eigenvalue weighted by Crippen LogP contribution is 2.17. The first-order valence-corrected chi connectivity index (χ1v) is 10.1. The maximum Gasteiger partial charge on any atom is 0.242 e. The van der Waals surface area contributed by atoms with Crippen molar-refractivity contribution in [1.82, 2.24) is 10.2 Å². The highest BCUT2D eigenvalue weighted by atomic mass is 19.1. The number of rotatable bonds is 8. The molecule has 2 atom stereocenters. The highest BCUT2D eigenvalue weighted by Gasteiger charge is 2.27. The molecule has 0 heterocycles. The van der Waals surface area contributed by atoms with Gasteiger partial charge in [0.1, 0.15) is 11.9 Å². The first-order valence-electron chi connectivity index (χ1n) is 10.1.